The molecule has 236 valence electrons. The number of benzene rings is 4. The molecule has 0 amide bonds. The van der Waals surface area contributed by atoms with Crippen molar-refractivity contribution in [3.63, 3.8) is 0 Å². The molecule has 7 rings (SSSR count). The zero-order valence-electron chi connectivity index (χ0n) is 28.6. The third kappa shape index (κ3) is 5.33. The molecule has 0 radical (unpaired) electrons. The van der Waals surface area contributed by atoms with Gasteiger partial charge in [-0.15, -0.1) is 11.3 Å². The van der Waals surface area contributed by atoms with Crippen molar-refractivity contribution in [2.24, 2.45) is 14.1 Å². The Balaban J connectivity index is 1.29. The van der Waals surface area contributed by atoms with E-state index in [4.69, 9.17) is 4.74 Å². The number of aromatic nitrogens is 3. The Morgan fingerprint density at radius 2 is 1.40 bits per heavy atom. The molecule has 0 saturated heterocycles. The summed E-state index contributed by atoms with van der Waals surface area (Å²) < 4.78 is 16.1. The molecule has 0 aliphatic heterocycles. The fourth-order valence-corrected chi connectivity index (χ4v) is 8.24. The van der Waals surface area contributed by atoms with Crippen molar-refractivity contribution in [2.75, 3.05) is 0 Å². The second kappa shape index (κ2) is 12.1. The van der Waals surface area contributed by atoms with E-state index < -0.39 is 0 Å². The van der Waals surface area contributed by atoms with Gasteiger partial charge in [-0.25, -0.2) is 9.13 Å². The monoisotopic (exact) mass is 637 g/mol. The van der Waals surface area contributed by atoms with Crippen LogP contribution in [0.3, 0.4) is 0 Å². The number of rotatable bonds is 7. The van der Waals surface area contributed by atoms with Crippen molar-refractivity contribution in [1.82, 2.24) is 4.57 Å². The van der Waals surface area contributed by atoms with Gasteiger partial charge in [0.05, 0.1) is 18.7 Å². The maximum Gasteiger partial charge on any atom is 0.373 e. The molecule has 47 heavy (non-hydrogen) atoms. The first-order valence-electron chi connectivity index (χ1n) is 16.5. The van der Waals surface area contributed by atoms with Gasteiger partial charge >= 0.3 is 5.88 Å². The van der Waals surface area contributed by atoms with E-state index in [9.17, 15) is 0 Å². The topological polar surface area (TPSA) is 21.9 Å². The van der Waals surface area contributed by atoms with Crippen LogP contribution in [0.25, 0.3) is 48.4 Å². The van der Waals surface area contributed by atoms with Crippen molar-refractivity contribution < 1.29 is 13.9 Å². The van der Waals surface area contributed by atoms with Crippen LogP contribution in [0.4, 0.5) is 0 Å². The van der Waals surface area contributed by atoms with Crippen LogP contribution < -0.4 is 13.9 Å². The highest BCUT2D eigenvalue weighted by molar-refractivity contribution is 7.26. The molecule has 4 nitrogen and oxygen atoms in total. The number of thiophene rings is 1. The third-order valence-corrected chi connectivity index (χ3v) is 10.7. The lowest BCUT2D eigenvalue weighted by Crippen LogP contribution is -2.33. The van der Waals surface area contributed by atoms with Crippen molar-refractivity contribution >= 4 is 31.5 Å². The highest BCUT2D eigenvalue weighted by Gasteiger charge is 2.26. The number of hydrogen-bond donors (Lipinski definition) is 0. The van der Waals surface area contributed by atoms with E-state index >= 15 is 0 Å². The zero-order valence-corrected chi connectivity index (χ0v) is 29.4. The molecule has 0 atom stereocenters. The Hall–Kier alpha value is -4.74. The Kier molecular flexibility index (Phi) is 7.97. The molecule has 0 aliphatic rings. The first-order chi connectivity index (χ1) is 22.6. The van der Waals surface area contributed by atoms with Crippen molar-refractivity contribution in [3.05, 3.63) is 126 Å². The number of para-hydroxylation sites is 1. The minimum absolute atomic E-state index is 0.421. The molecule has 0 spiro atoms. The van der Waals surface area contributed by atoms with Gasteiger partial charge in [-0.3, -0.25) is 0 Å². The molecule has 0 N–H and O–H groups in total. The van der Waals surface area contributed by atoms with Gasteiger partial charge in [0.1, 0.15) is 24.7 Å². The Morgan fingerprint density at radius 1 is 0.702 bits per heavy atom. The fourth-order valence-electron chi connectivity index (χ4n) is 6.93. The van der Waals surface area contributed by atoms with Crippen LogP contribution in [0, 0.1) is 13.8 Å². The standard InChI is InChI=1S/C42H43N3OS/c1-26(2)30-15-11-16-31(27(3)4)41(30)45-24-36(43(7)25-45)32-17-12-19-37(29(32)6)46-39-21-13-18-35(44(39)8)40-28(5)22-23-34-33-14-9-10-20-38(33)47-42(34)40/h9-27H,1-8H3/q+2. The van der Waals surface area contributed by atoms with Gasteiger partial charge in [0, 0.05) is 48.5 Å². The Morgan fingerprint density at radius 3 is 2.15 bits per heavy atom. The van der Waals surface area contributed by atoms with Crippen LogP contribution in [0.1, 0.15) is 61.8 Å². The maximum absolute atomic E-state index is 6.76. The molecule has 0 saturated carbocycles. The molecule has 0 fully saturated rings. The summed E-state index contributed by atoms with van der Waals surface area (Å²) in [6.45, 7) is 13.5. The molecular formula is C42H43N3OS+2. The van der Waals surface area contributed by atoms with Crippen LogP contribution in [-0.2, 0) is 14.1 Å². The number of aryl methyl sites for hydroxylation is 2. The zero-order chi connectivity index (χ0) is 33.0. The Bertz CT molecular complexity index is 2260. The van der Waals surface area contributed by atoms with Gasteiger partial charge in [-0.05, 0) is 49.4 Å². The van der Waals surface area contributed by atoms with E-state index in [-0.39, 0.29) is 0 Å². The van der Waals surface area contributed by atoms with Crippen molar-refractivity contribution in [3.8, 4) is 39.8 Å². The summed E-state index contributed by atoms with van der Waals surface area (Å²) in [5.41, 5.74) is 11.1. The molecule has 0 unspecified atom stereocenters. The minimum atomic E-state index is 0.421. The largest absolute Gasteiger partial charge is 0.405 e. The number of ether oxygens (including phenoxy) is 1. The van der Waals surface area contributed by atoms with Gasteiger partial charge in [0.15, 0.2) is 5.69 Å². The predicted molar refractivity (Wildman–Crippen MR) is 196 cm³/mol. The lowest BCUT2D eigenvalue weighted by molar-refractivity contribution is -0.665. The number of fused-ring (bicyclic) bond motifs is 3. The highest BCUT2D eigenvalue weighted by Crippen LogP contribution is 2.41. The van der Waals surface area contributed by atoms with Gasteiger partial charge in [-0.1, -0.05) is 88.4 Å². The van der Waals surface area contributed by atoms with Crippen LogP contribution in [-0.4, -0.2) is 4.57 Å². The summed E-state index contributed by atoms with van der Waals surface area (Å²) in [7, 11) is 4.24. The summed E-state index contributed by atoms with van der Waals surface area (Å²) >= 11 is 1.87. The van der Waals surface area contributed by atoms with Gasteiger partial charge in [0.25, 0.3) is 0 Å². The number of nitrogens with zero attached hydrogens (tertiary/aromatic N) is 3. The predicted octanol–water partition coefficient (Wildman–Crippen LogP) is 10.5. The molecule has 7 aromatic rings. The first-order valence-corrected chi connectivity index (χ1v) is 17.3. The summed E-state index contributed by atoms with van der Waals surface area (Å²) in [6.07, 6.45) is 4.48. The molecule has 0 bridgehead atoms. The van der Waals surface area contributed by atoms with Crippen LogP contribution in [0.2, 0.25) is 0 Å². The summed E-state index contributed by atoms with van der Waals surface area (Å²) in [6, 6.07) is 32.7. The molecule has 3 heterocycles. The van der Waals surface area contributed by atoms with E-state index in [2.05, 4.69) is 173 Å². The van der Waals surface area contributed by atoms with Crippen molar-refractivity contribution in [1.29, 1.82) is 0 Å². The van der Waals surface area contributed by atoms with Gasteiger partial charge in [0.2, 0.25) is 12.0 Å². The normalized spacial score (nSPS) is 11.8. The minimum Gasteiger partial charge on any atom is -0.405 e. The fraction of sp³-hybridized carbons (Fsp3) is 0.238. The van der Waals surface area contributed by atoms with Crippen LogP contribution in [0.5, 0.6) is 11.6 Å². The maximum atomic E-state index is 6.76. The highest BCUT2D eigenvalue weighted by atomic mass is 32.1. The molecule has 5 heteroatoms. The van der Waals surface area contributed by atoms with E-state index in [1.807, 2.05) is 11.3 Å². The van der Waals surface area contributed by atoms with Gasteiger partial charge in [-0.2, -0.15) is 4.57 Å². The van der Waals surface area contributed by atoms with E-state index in [0.717, 1.165) is 34.1 Å². The van der Waals surface area contributed by atoms with E-state index in [1.54, 1.807) is 0 Å². The second-order valence-electron chi connectivity index (χ2n) is 13.3. The summed E-state index contributed by atoms with van der Waals surface area (Å²) in [5, 5.41) is 2.61. The van der Waals surface area contributed by atoms with E-state index in [0.29, 0.717) is 11.8 Å². The number of pyridine rings is 1. The average Bonchev–Trinajstić information content (AvgIpc) is 3.63. The molecule has 4 aromatic carbocycles. The second-order valence-corrected chi connectivity index (χ2v) is 14.4. The summed E-state index contributed by atoms with van der Waals surface area (Å²) in [5.74, 6) is 2.49. The molecule has 0 aliphatic carbocycles. The lowest BCUT2D eigenvalue weighted by Gasteiger charge is -2.16. The smallest absolute Gasteiger partial charge is 0.373 e. The number of imidazole rings is 1. The van der Waals surface area contributed by atoms with Crippen LogP contribution in [0.15, 0.2) is 104 Å². The Labute approximate surface area is 282 Å². The average molecular weight is 638 g/mol. The lowest BCUT2D eigenvalue weighted by atomic mass is 9.92. The van der Waals surface area contributed by atoms with E-state index in [1.165, 1.54) is 48.1 Å². The summed E-state index contributed by atoms with van der Waals surface area (Å²) in [4.78, 5) is 0. The quantitative estimate of drug-likeness (QED) is 0.159. The SMILES string of the molecule is Cc1ccc2c(sc3ccccc32)c1-c1cccc(Oc2cccc(-c3cn(-c4c(C(C)C)cccc4C(C)C)c[n+]3C)c2C)[n+]1C. The van der Waals surface area contributed by atoms with Gasteiger partial charge < -0.3 is 4.74 Å². The molecular weight excluding hydrogens is 595 g/mol. The van der Waals surface area contributed by atoms with Crippen molar-refractivity contribution in [2.45, 2.75) is 53.4 Å². The third-order valence-electron chi connectivity index (χ3n) is 9.51. The molecule has 3 aromatic heterocycles. The van der Waals surface area contributed by atoms with Crippen LogP contribution >= 0.6 is 11.3 Å². The first kappa shape index (κ1) is 30.9. The number of hydrogen-bond acceptors (Lipinski definition) is 2.